The molecule has 1 heterocycles. The highest BCUT2D eigenvalue weighted by atomic mass is 35.5. The number of methoxy groups -OCH3 is 1. The Morgan fingerprint density at radius 2 is 1.92 bits per heavy atom. The zero-order valence-corrected chi connectivity index (χ0v) is 15.2. The van der Waals surface area contributed by atoms with Gasteiger partial charge in [-0.25, -0.2) is 9.97 Å². The van der Waals surface area contributed by atoms with E-state index in [2.05, 4.69) is 20.6 Å². The summed E-state index contributed by atoms with van der Waals surface area (Å²) in [4.78, 5) is 20.6. The van der Waals surface area contributed by atoms with Crippen LogP contribution in [0, 0.1) is 6.92 Å². The standard InChI is InChI=1S/C17H21ClN4O2/c1-10-6-12(14(24-5)7-11(10)18)21-16(23)13-8-15(20-9-19-13)22-17(2,3)4/h6-9H,1-5H3,(H,21,23)(H,19,20,22). The lowest BCUT2D eigenvalue weighted by Crippen LogP contribution is -2.27. The summed E-state index contributed by atoms with van der Waals surface area (Å²) in [6, 6.07) is 5.03. The summed E-state index contributed by atoms with van der Waals surface area (Å²) in [6.07, 6.45) is 1.35. The minimum absolute atomic E-state index is 0.168. The van der Waals surface area contributed by atoms with Gasteiger partial charge in [-0.1, -0.05) is 11.6 Å². The average molecular weight is 349 g/mol. The van der Waals surface area contributed by atoms with E-state index in [-0.39, 0.29) is 17.1 Å². The van der Waals surface area contributed by atoms with Gasteiger partial charge in [0, 0.05) is 22.7 Å². The van der Waals surface area contributed by atoms with Crippen LogP contribution in [0.1, 0.15) is 36.8 Å². The van der Waals surface area contributed by atoms with Gasteiger partial charge in [0.15, 0.2) is 0 Å². The molecule has 0 bridgehead atoms. The minimum Gasteiger partial charge on any atom is -0.495 e. The van der Waals surface area contributed by atoms with E-state index in [1.165, 1.54) is 13.4 Å². The molecule has 0 aliphatic rings. The predicted molar refractivity (Wildman–Crippen MR) is 96.1 cm³/mol. The lowest BCUT2D eigenvalue weighted by Gasteiger charge is -2.21. The lowest BCUT2D eigenvalue weighted by atomic mass is 10.1. The van der Waals surface area contributed by atoms with Gasteiger partial charge in [-0.2, -0.15) is 0 Å². The van der Waals surface area contributed by atoms with E-state index < -0.39 is 0 Å². The monoisotopic (exact) mass is 348 g/mol. The average Bonchev–Trinajstić information content (AvgIpc) is 2.49. The van der Waals surface area contributed by atoms with Crippen molar-refractivity contribution in [2.75, 3.05) is 17.7 Å². The second kappa shape index (κ2) is 7.05. The Labute approximate surface area is 146 Å². The molecule has 7 heteroatoms. The molecule has 2 aromatic rings. The smallest absolute Gasteiger partial charge is 0.274 e. The third kappa shape index (κ3) is 4.58. The zero-order valence-electron chi connectivity index (χ0n) is 14.4. The number of halogens is 1. The molecule has 24 heavy (non-hydrogen) atoms. The molecule has 1 aromatic carbocycles. The molecule has 1 amide bonds. The molecule has 6 nitrogen and oxygen atoms in total. The highest BCUT2D eigenvalue weighted by molar-refractivity contribution is 6.31. The fourth-order valence-corrected chi connectivity index (χ4v) is 2.20. The predicted octanol–water partition coefficient (Wildman–Crippen LogP) is 3.91. The summed E-state index contributed by atoms with van der Waals surface area (Å²) in [5.41, 5.74) is 1.46. The molecule has 0 aliphatic carbocycles. The lowest BCUT2D eigenvalue weighted by molar-refractivity contribution is 0.102. The van der Waals surface area contributed by atoms with Crippen LogP contribution in [0.2, 0.25) is 5.02 Å². The SMILES string of the molecule is COc1cc(Cl)c(C)cc1NC(=O)c1cc(NC(C)(C)C)ncn1. The van der Waals surface area contributed by atoms with Gasteiger partial charge in [0.1, 0.15) is 23.6 Å². The minimum atomic E-state index is -0.352. The van der Waals surface area contributed by atoms with Gasteiger partial charge < -0.3 is 15.4 Å². The van der Waals surface area contributed by atoms with Crippen LogP contribution in [-0.2, 0) is 0 Å². The molecule has 2 N–H and O–H groups in total. The molecule has 1 aromatic heterocycles. The number of hydrogen-bond acceptors (Lipinski definition) is 5. The maximum Gasteiger partial charge on any atom is 0.274 e. The van der Waals surface area contributed by atoms with Crippen molar-refractivity contribution in [2.24, 2.45) is 0 Å². The van der Waals surface area contributed by atoms with Crippen LogP contribution in [0.4, 0.5) is 11.5 Å². The molecule has 0 aliphatic heterocycles. The van der Waals surface area contributed by atoms with Gasteiger partial charge in [0.25, 0.3) is 5.91 Å². The highest BCUT2D eigenvalue weighted by Crippen LogP contribution is 2.31. The fourth-order valence-electron chi connectivity index (χ4n) is 2.05. The van der Waals surface area contributed by atoms with Gasteiger partial charge in [-0.3, -0.25) is 4.79 Å². The van der Waals surface area contributed by atoms with Gasteiger partial charge in [0.05, 0.1) is 12.8 Å². The van der Waals surface area contributed by atoms with Gasteiger partial charge in [0.2, 0.25) is 0 Å². The van der Waals surface area contributed by atoms with Crippen LogP contribution < -0.4 is 15.4 Å². The summed E-state index contributed by atoms with van der Waals surface area (Å²) >= 11 is 6.08. The summed E-state index contributed by atoms with van der Waals surface area (Å²) in [5.74, 6) is 0.720. The van der Waals surface area contributed by atoms with Crippen molar-refractivity contribution >= 4 is 29.0 Å². The van der Waals surface area contributed by atoms with E-state index >= 15 is 0 Å². The van der Waals surface area contributed by atoms with Crippen molar-refractivity contribution in [3.8, 4) is 5.75 Å². The third-order valence-corrected chi connectivity index (χ3v) is 3.54. The Balaban J connectivity index is 2.24. The number of aryl methyl sites for hydroxylation is 1. The second-order valence-electron chi connectivity index (χ2n) is 6.42. The van der Waals surface area contributed by atoms with Crippen molar-refractivity contribution < 1.29 is 9.53 Å². The molecule has 0 saturated heterocycles. The van der Waals surface area contributed by atoms with Gasteiger partial charge in [-0.05, 0) is 39.3 Å². The fraction of sp³-hybridized carbons (Fsp3) is 0.353. The molecular formula is C17H21ClN4O2. The molecule has 128 valence electrons. The molecule has 0 fully saturated rings. The molecular weight excluding hydrogens is 328 g/mol. The Morgan fingerprint density at radius 1 is 1.21 bits per heavy atom. The largest absolute Gasteiger partial charge is 0.495 e. The van der Waals surface area contributed by atoms with Crippen molar-refractivity contribution in [2.45, 2.75) is 33.2 Å². The number of carbonyl (C=O) groups is 1. The zero-order chi connectivity index (χ0) is 17.9. The van der Waals surface area contributed by atoms with Crippen molar-refractivity contribution in [3.63, 3.8) is 0 Å². The van der Waals surface area contributed by atoms with E-state index in [4.69, 9.17) is 16.3 Å². The maximum atomic E-state index is 12.5. The van der Waals surface area contributed by atoms with Crippen molar-refractivity contribution in [1.82, 2.24) is 9.97 Å². The first-order chi connectivity index (χ1) is 11.2. The number of rotatable bonds is 4. The summed E-state index contributed by atoms with van der Waals surface area (Å²) in [5, 5.41) is 6.57. The Hall–Kier alpha value is -2.34. The van der Waals surface area contributed by atoms with E-state index in [9.17, 15) is 4.79 Å². The quantitative estimate of drug-likeness (QED) is 0.876. The van der Waals surface area contributed by atoms with Gasteiger partial charge in [-0.15, -0.1) is 0 Å². The van der Waals surface area contributed by atoms with E-state index in [1.54, 1.807) is 18.2 Å². The summed E-state index contributed by atoms with van der Waals surface area (Å²) in [6.45, 7) is 7.89. The van der Waals surface area contributed by atoms with Crippen LogP contribution in [0.3, 0.4) is 0 Å². The van der Waals surface area contributed by atoms with E-state index in [1.807, 2.05) is 27.7 Å². The van der Waals surface area contributed by atoms with Crippen molar-refractivity contribution in [1.29, 1.82) is 0 Å². The number of nitrogens with one attached hydrogen (secondary N) is 2. The van der Waals surface area contributed by atoms with Crippen LogP contribution >= 0.6 is 11.6 Å². The number of hydrogen-bond donors (Lipinski definition) is 2. The number of amides is 1. The molecule has 0 radical (unpaired) electrons. The number of benzene rings is 1. The van der Waals surface area contributed by atoms with Crippen molar-refractivity contribution in [3.05, 3.63) is 40.8 Å². The van der Waals surface area contributed by atoms with Gasteiger partial charge >= 0.3 is 0 Å². The Bertz CT molecular complexity index is 757. The molecule has 0 saturated carbocycles. The van der Waals surface area contributed by atoms with Crippen LogP contribution in [0.15, 0.2) is 24.5 Å². The van der Waals surface area contributed by atoms with E-state index in [0.29, 0.717) is 22.3 Å². The first-order valence-corrected chi connectivity index (χ1v) is 7.83. The topological polar surface area (TPSA) is 76.1 Å². The molecule has 0 atom stereocenters. The third-order valence-electron chi connectivity index (χ3n) is 3.13. The second-order valence-corrected chi connectivity index (χ2v) is 6.83. The molecule has 0 unspecified atom stereocenters. The normalized spacial score (nSPS) is 11.1. The number of nitrogens with zero attached hydrogens (tertiary/aromatic N) is 2. The number of aromatic nitrogens is 2. The van der Waals surface area contributed by atoms with E-state index in [0.717, 1.165) is 5.56 Å². The molecule has 2 rings (SSSR count). The molecule has 0 spiro atoms. The Kier molecular flexibility index (Phi) is 5.29. The maximum absolute atomic E-state index is 12.5. The number of ether oxygens (including phenoxy) is 1. The number of anilines is 2. The Morgan fingerprint density at radius 3 is 2.54 bits per heavy atom. The first kappa shape index (κ1) is 18.0. The highest BCUT2D eigenvalue weighted by Gasteiger charge is 2.15. The van der Waals surface area contributed by atoms with Crippen LogP contribution in [-0.4, -0.2) is 28.5 Å². The summed E-state index contributed by atoms with van der Waals surface area (Å²) < 4.78 is 5.26. The van der Waals surface area contributed by atoms with Crippen LogP contribution in [0.5, 0.6) is 5.75 Å². The number of carbonyl (C=O) groups excluding carboxylic acids is 1. The van der Waals surface area contributed by atoms with Crippen LogP contribution in [0.25, 0.3) is 0 Å². The first-order valence-electron chi connectivity index (χ1n) is 7.45. The summed E-state index contributed by atoms with van der Waals surface area (Å²) in [7, 11) is 1.52.